The molecule has 1 aromatic carbocycles. The van der Waals surface area contributed by atoms with Crippen molar-refractivity contribution in [3.8, 4) is 5.75 Å². The van der Waals surface area contributed by atoms with Gasteiger partial charge in [0.25, 0.3) is 0 Å². The van der Waals surface area contributed by atoms with Crippen LogP contribution in [-0.2, 0) is 20.7 Å². The molecule has 0 radical (unpaired) electrons. The maximum atomic E-state index is 13.0. The molecule has 0 spiro atoms. The average Bonchev–Trinajstić information content (AvgIpc) is 2.89. The average molecular weight is 606 g/mol. The van der Waals surface area contributed by atoms with Crippen molar-refractivity contribution < 1.29 is 23.9 Å². The second-order valence-electron chi connectivity index (χ2n) is 13.1. The highest BCUT2D eigenvalue weighted by molar-refractivity contribution is 5.87. The Morgan fingerprint density at radius 3 is 2.09 bits per heavy atom. The summed E-state index contributed by atoms with van der Waals surface area (Å²) in [7, 11) is 0. The summed E-state index contributed by atoms with van der Waals surface area (Å²) in [6.07, 6.45) is 4.80. The first-order chi connectivity index (χ1) is 20.2. The van der Waals surface area contributed by atoms with Crippen molar-refractivity contribution in [1.29, 1.82) is 0 Å². The van der Waals surface area contributed by atoms with E-state index in [9.17, 15) is 14.4 Å². The Balaban J connectivity index is 2.28. The lowest BCUT2D eigenvalue weighted by Gasteiger charge is -2.22. The molecule has 0 saturated carbocycles. The van der Waals surface area contributed by atoms with E-state index in [0.717, 1.165) is 63.1 Å². The van der Waals surface area contributed by atoms with Crippen LogP contribution in [0.5, 0.6) is 5.75 Å². The quantitative estimate of drug-likeness (QED) is 0.139. The predicted octanol–water partition coefficient (Wildman–Crippen LogP) is 4.46. The van der Waals surface area contributed by atoms with Gasteiger partial charge in [0.1, 0.15) is 23.0 Å². The molecule has 0 heterocycles. The zero-order chi connectivity index (χ0) is 32.3. The largest absolute Gasteiger partial charge is 0.488 e. The molecule has 0 aliphatic rings. The zero-order valence-corrected chi connectivity index (χ0v) is 28.0. The van der Waals surface area contributed by atoms with Gasteiger partial charge in [-0.1, -0.05) is 19.1 Å². The van der Waals surface area contributed by atoms with Crippen molar-refractivity contribution in [2.45, 2.75) is 124 Å². The van der Waals surface area contributed by atoms with Crippen LogP contribution in [0.25, 0.3) is 0 Å². The minimum atomic E-state index is -0.618. The topological polar surface area (TPSA) is 130 Å². The Hall–Kier alpha value is -2.85. The van der Waals surface area contributed by atoms with Crippen molar-refractivity contribution >= 4 is 17.9 Å². The van der Waals surface area contributed by atoms with E-state index in [2.05, 4.69) is 33.5 Å². The Morgan fingerprint density at radius 2 is 1.47 bits per heavy atom. The molecule has 0 aliphatic heterocycles. The number of carbonyl (C=O) groups is 3. The molecule has 0 saturated heterocycles. The molecular weight excluding hydrogens is 546 g/mol. The summed E-state index contributed by atoms with van der Waals surface area (Å²) in [5, 5.41) is 15.6. The van der Waals surface area contributed by atoms with Crippen LogP contribution in [0.3, 0.4) is 0 Å². The minimum absolute atomic E-state index is 0.111. The predicted molar refractivity (Wildman–Crippen MR) is 173 cm³/mol. The maximum Gasteiger partial charge on any atom is 0.407 e. The number of hydrogen-bond acceptors (Lipinski definition) is 7. The van der Waals surface area contributed by atoms with Crippen LogP contribution in [0.4, 0.5) is 4.79 Å². The second-order valence-corrected chi connectivity index (χ2v) is 13.1. The monoisotopic (exact) mass is 605 g/mol. The molecule has 0 bridgehead atoms. The summed E-state index contributed by atoms with van der Waals surface area (Å²) < 4.78 is 11.1. The molecule has 1 aromatic rings. The van der Waals surface area contributed by atoms with E-state index in [1.165, 1.54) is 0 Å². The Bertz CT molecular complexity index is 940. The van der Waals surface area contributed by atoms with E-state index in [4.69, 9.17) is 9.47 Å². The van der Waals surface area contributed by atoms with Crippen LogP contribution in [0, 0.1) is 0 Å². The van der Waals surface area contributed by atoms with Gasteiger partial charge in [0.2, 0.25) is 11.8 Å². The van der Waals surface area contributed by atoms with Crippen LogP contribution in [0.1, 0.15) is 99.5 Å². The fraction of sp³-hybridized carbons (Fsp3) is 0.727. The van der Waals surface area contributed by atoms with Crippen molar-refractivity contribution in [2.24, 2.45) is 0 Å². The van der Waals surface area contributed by atoms with Gasteiger partial charge in [-0.2, -0.15) is 0 Å². The summed E-state index contributed by atoms with van der Waals surface area (Å²) in [6, 6.07) is 7.45. The van der Waals surface area contributed by atoms with E-state index in [-0.39, 0.29) is 23.5 Å². The molecule has 246 valence electrons. The second kappa shape index (κ2) is 20.2. The van der Waals surface area contributed by atoms with Gasteiger partial charge in [0.15, 0.2) is 0 Å². The van der Waals surface area contributed by atoms with Crippen molar-refractivity contribution in [3.63, 3.8) is 0 Å². The third kappa shape index (κ3) is 20.7. The normalized spacial score (nSPS) is 13.1. The number of hydrogen-bond donors (Lipinski definition) is 5. The number of benzene rings is 1. The third-order valence-electron chi connectivity index (χ3n) is 6.26. The number of carbonyl (C=O) groups excluding carboxylic acids is 3. The molecule has 2 atom stereocenters. The van der Waals surface area contributed by atoms with Crippen molar-refractivity contribution in [2.75, 3.05) is 32.7 Å². The highest BCUT2D eigenvalue weighted by Crippen LogP contribution is 2.19. The first-order valence-electron chi connectivity index (χ1n) is 15.9. The summed E-state index contributed by atoms with van der Waals surface area (Å²) in [5.41, 5.74) is 0.197. The summed E-state index contributed by atoms with van der Waals surface area (Å²) in [4.78, 5) is 36.9. The molecule has 3 amide bonds. The van der Waals surface area contributed by atoms with Crippen LogP contribution in [0.2, 0.25) is 0 Å². The molecule has 0 aliphatic carbocycles. The lowest BCUT2D eigenvalue weighted by Crippen LogP contribution is -2.48. The standard InChI is InChI=1S/C33H59N5O5/c1-9-13-29(39)38-28(24-26-14-16-27(17-15-26)42-32(3,4)5)30(40)36-21-11-10-20-35-25(2)18-23-34-19-12-22-37-31(41)43-33(6,7)8/h14-17,25,28,34-35H,9-13,18-24H2,1-8H3,(H,36,40)(H,37,41)(H,38,39). The van der Waals surface area contributed by atoms with E-state index in [1.54, 1.807) is 0 Å². The molecule has 0 fully saturated rings. The molecule has 10 heteroatoms. The number of ether oxygens (including phenoxy) is 2. The van der Waals surface area contributed by atoms with Crippen molar-refractivity contribution in [3.05, 3.63) is 29.8 Å². The number of alkyl carbamates (subject to hydrolysis) is 1. The van der Waals surface area contributed by atoms with E-state index in [0.29, 0.717) is 32.0 Å². The smallest absolute Gasteiger partial charge is 0.407 e. The van der Waals surface area contributed by atoms with Gasteiger partial charge in [-0.25, -0.2) is 4.79 Å². The fourth-order valence-corrected chi connectivity index (χ4v) is 4.18. The van der Waals surface area contributed by atoms with Gasteiger partial charge < -0.3 is 36.1 Å². The van der Waals surface area contributed by atoms with Gasteiger partial charge in [-0.05, 0) is 118 Å². The van der Waals surface area contributed by atoms with Crippen LogP contribution in [0.15, 0.2) is 24.3 Å². The highest BCUT2D eigenvalue weighted by atomic mass is 16.6. The van der Waals surface area contributed by atoms with Gasteiger partial charge in [-0.3, -0.25) is 9.59 Å². The number of unbranched alkanes of at least 4 members (excludes halogenated alkanes) is 1. The number of nitrogens with one attached hydrogen (secondary N) is 5. The van der Waals surface area contributed by atoms with Gasteiger partial charge in [0.05, 0.1) is 0 Å². The van der Waals surface area contributed by atoms with Crippen molar-refractivity contribution in [1.82, 2.24) is 26.6 Å². The first kappa shape index (κ1) is 38.2. The third-order valence-corrected chi connectivity index (χ3v) is 6.26. The maximum absolute atomic E-state index is 13.0. The molecule has 1 rings (SSSR count). The minimum Gasteiger partial charge on any atom is -0.488 e. The molecule has 43 heavy (non-hydrogen) atoms. The van der Waals surface area contributed by atoms with Gasteiger partial charge >= 0.3 is 6.09 Å². The van der Waals surface area contributed by atoms with Gasteiger partial charge in [-0.15, -0.1) is 0 Å². The van der Waals surface area contributed by atoms with Crippen LogP contribution < -0.4 is 31.3 Å². The highest BCUT2D eigenvalue weighted by Gasteiger charge is 2.21. The molecule has 0 aromatic heterocycles. The Morgan fingerprint density at radius 1 is 0.814 bits per heavy atom. The van der Waals surface area contributed by atoms with Crippen LogP contribution >= 0.6 is 0 Å². The molecule has 10 nitrogen and oxygen atoms in total. The lowest BCUT2D eigenvalue weighted by atomic mass is 10.0. The summed E-state index contributed by atoms with van der Waals surface area (Å²) in [6.45, 7) is 19.4. The fourth-order valence-electron chi connectivity index (χ4n) is 4.18. The number of rotatable bonds is 20. The van der Waals surface area contributed by atoms with Crippen LogP contribution in [-0.4, -0.2) is 73.9 Å². The summed E-state index contributed by atoms with van der Waals surface area (Å²) in [5.74, 6) is 0.504. The molecular formula is C33H59N5O5. The van der Waals surface area contributed by atoms with E-state index < -0.39 is 11.6 Å². The SMILES string of the molecule is CCCC(=O)NC(Cc1ccc(OC(C)(C)C)cc1)C(=O)NCCCCNC(C)CCNCCCNC(=O)OC(C)(C)C. The van der Waals surface area contributed by atoms with E-state index in [1.807, 2.05) is 72.7 Å². The lowest BCUT2D eigenvalue weighted by molar-refractivity contribution is -0.129. The molecule has 2 unspecified atom stereocenters. The molecule has 5 N–H and O–H groups in total. The summed E-state index contributed by atoms with van der Waals surface area (Å²) >= 11 is 0. The first-order valence-corrected chi connectivity index (χ1v) is 15.9. The Kier molecular flexibility index (Phi) is 17.9. The Labute approximate surface area is 260 Å². The van der Waals surface area contributed by atoms with Gasteiger partial charge in [0, 0.05) is 32.0 Å². The number of amides is 3. The van der Waals surface area contributed by atoms with E-state index >= 15 is 0 Å². The zero-order valence-electron chi connectivity index (χ0n) is 28.0.